The predicted molar refractivity (Wildman–Crippen MR) is 110 cm³/mol. The second kappa shape index (κ2) is 8.10. The fraction of sp³-hybridized carbons (Fsp3) is 0.300. The van der Waals surface area contributed by atoms with E-state index in [9.17, 15) is 9.59 Å². The Labute approximate surface area is 167 Å². The summed E-state index contributed by atoms with van der Waals surface area (Å²) in [5, 5.41) is 2.87. The van der Waals surface area contributed by atoms with Crippen molar-refractivity contribution in [3.63, 3.8) is 0 Å². The molecule has 0 saturated carbocycles. The predicted octanol–water partition coefficient (Wildman–Crippen LogP) is 3.38. The van der Waals surface area contributed by atoms with Crippen LogP contribution in [-0.2, 0) is 4.79 Å². The van der Waals surface area contributed by atoms with Gasteiger partial charge in [-0.15, -0.1) is 0 Å². The zero-order chi connectivity index (χ0) is 19.6. The third-order valence-corrected chi connectivity index (χ3v) is 4.83. The number of hydrogen-bond acceptors (Lipinski definition) is 4. The van der Waals surface area contributed by atoms with Crippen molar-refractivity contribution in [3.8, 4) is 5.75 Å². The molecule has 2 aromatic rings. The molecule has 1 heterocycles. The Morgan fingerprint density at radius 2 is 1.93 bits per heavy atom. The molecule has 1 N–H and O–H groups in total. The van der Waals surface area contributed by atoms with E-state index in [2.05, 4.69) is 21.2 Å². The van der Waals surface area contributed by atoms with E-state index in [1.807, 2.05) is 37.2 Å². The zero-order valence-corrected chi connectivity index (χ0v) is 17.1. The fourth-order valence-electron chi connectivity index (χ4n) is 2.82. The minimum Gasteiger partial charge on any atom is -0.479 e. The molecule has 0 aliphatic carbocycles. The van der Waals surface area contributed by atoms with Gasteiger partial charge in [0, 0.05) is 34.9 Å². The lowest BCUT2D eigenvalue weighted by atomic mass is 10.1. The average Bonchev–Trinajstić information content (AvgIpc) is 2.62. The van der Waals surface area contributed by atoms with Crippen LogP contribution in [0.15, 0.2) is 46.9 Å². The molecule has 2 amide bonds. The summed E-state index contributed by atoms with van der Waals surface area (Å²) in [6.45, 7) is 3.07. The van der Waals surface area contributed by atoms with Gasteiger partial charge in [0.05, 0.1) is 5.69 Å². The second-order valence-electron chi connectivity index (χ2n) is 6.70. The molecule has 6 nitrogen and oxygen atoms in total. The Balaban J connectivity index is 1.81. The summed E-state index contributed by atoms with van der Waals surface area (Å²) in [4.78, 5) is 28.7. The molecule has 27 heavy (non-hydrogen) atoms. The van der Waals surface area contributed by atoms with Crippen molar-refractivity contribution in [2.75, 3.05) is 37.4 Å². The normalized spacial score (nSPS) is 16.1. The summed E-state index contributed by atoms with van der Waals surface area (Å²) < 4.78 is 6.68. The van der Waals surface area contributed by atoms with Gasteiger partial charge in [-0.2, -0.15) is 0 Å². The van der Waals surface area contributed by atoms with Gasteiger partial charge in [0.1, 0.15) is 5.75 Å². The van der Waals surface area contributed by atoms with Gasteiger partial charge in [0.2, 0.25) is 0 Å². The van der Waals surface area contributed by atoms with E-state index in [1.165, 1.54) is 0 Å². The number of likely N-dealkylation sites (N-methyl/N-ethyl adjacent to an activating group) is 1. The number of halogens is 1. The number of carbonyl (C=O) groups excluding carboxylic acids is 2. The van der Waals surface area contributed by atoms with Crippen LogP contribution in [0.5, 0.6) is 5.75 Å². The number of nitrogens with zero attached hydrogens (tertiary/aromatic N) is 2. The summed E-state index contributed by atoms with van der Waals surface area (Å²) in [6, 6.07) is 12.5. The topological polar surface area (TPSA) is 61.9 Å². The molecular weight excluding hydrogens is 410 g/mol. The number of hydrogen-bond donors (Lipinski definition) is 1. The van der Waals surface area contributed by atoms with E-state index >= 15 is 0 Å². The van der Waals surface area contributed by atoms with Crippen LogP contribution < -0.4 is 15.0 Å². The van der Waals surface area contributed by atoms with Gasteiger partial charge in [0.15, 0.2) is 6.10 Å². The molecule has 0 aromatic heterocycles. The van der Waals surface area contributed by atoms with Crippen LogP contribution in [0.2, 0.25) is 0 Å². The Hall–Kier alpha value is -2.38. The van der Waals surface area contributed by atoms with Crippen LogP contribution in [0, 0.1) is 0 Å². The number of fused-ring (bicyclic) bond motifs is 1. The molecule has 0 bridgehead atoms. The van der Waals surface area contributed by atoms with Crippen molar-refractivity contribution in [3.05, 3.63) is 52.5 Å². The number of anilines is 2. The standard InChI is InChI=1S/C20H22BrN3O3/c1-13-20(26)24(11-10-23(2)3)17-9-8-16(12-18(17)27-13)22-19(25)14-4-6-15(21)7-5-14/h4-9,12-13H,10-11H2,1-3H3,(H,22,25). The van der Waals surface area contributed by atoms with Gasteiger partial charge >= 0.3 is 0 Å². The highest BCUT2D eigenvalue weighted by Crippen LogP contribution is 2.36. The Bertz CT molecular complexity index is 852. The minimum atomic E-state index is -0.558. The van der Waals surface area contributed by atoms with E-state index in [0.29, 0.717) is 23.5 Å². The van der Waals surface area contributed by atoms with Crippen molar-refractivity contribution in [1.29, 1.82) is 0 Å². The van der Waals surface area contributed by atoms with E-state index in [1.54, 1.807) is 36.1 Å². The van der Waals surface area contributed by atoms with Crippen LogP contribution in [0.4, 0.5) is 11.4 Å². The molecule has 1 unspecified atom stereocenters. The lowest BCUT2D eigenvalue weighted by Crippen LogP contribution is -2.46. The highest BCUT2D eigenvalue weighted by molar-refractivity contribution is 9.10. The number of amides is 2. The molecule has 7 heteroatoms. The smallest absolute Gasteiger partial charge is 0.267 e. The fourth-order valence-corrected chi connectivity index (χ4v) is 3.09. The van der Waals surface area contributed by atoms with Crippen molar-refractivity contribution in [2.24, 2.45) is 0 Å². The zero-order valence-electron chi connectivity index (χ0n) is 15.5. The molecule has 142 valence electrons. The molecule has 0 spiro atoms. The largest absolute Gasteiger partial charge is 0.479 e. The molecule has 1 atom stereocenters. The van der Waals surface area contributed by atoms with Gasteiger partial charge < -0.3 is 19.9 Å². The molecule has 1 aliphatic rings. The monoisotopic (exact) mass is 431 g/mol. The van der Waals surface area contributed by atoms with Gasteiger partial charge in [-0.05, 0) is 57.4 Å². The highest BCUT2D eigenvalue weighted by atomic mass is 79.9. The van der Waals surface area contributed by atoms with Crippen molar-refractivity contribution in [2.45, 2.75) is 13.0 Å². The molecular formula is C20H22BrN3O3. The number of benzene rings is 2. The SMILES string of the molecule is CC1Oc2cc(NC(=O)c3ccc(Br)cc3)ccc2N(CCN(C)C)C1=O. The molecule has 0 fully saturated rings. The average molecular weight is 432 g/mol. The lowest BCUT2D eigenvalue weighted by Gasteiger charge is -2.34. The van der Waals surface area contributed by atoms with Crippen LogP contribution in [0.3, 0.4) is 0 Å². The van der Waals surface area contributed by atoms with Gasteiger partial charge in [-0.1, -0.05) is 15.9 Å². The maximum absolute atomic E-state index is 12.5. The van der Waals surface area contributed by atoms with E-state index in [0.717, 1.165) is 16.7 Å². The summed E-state index contributed by atoms with van der Waals surface area (Å²) in [5.74, 6) is 0.331. The van der Waals surface area contributed by atoms with E-state index < -0.39 is 6.10 Å². The summed E-state index contributed by atoms with van der Waals surface area (Å²) in [6.07, 6.45) is -0.558. The van der Waals surface area contributed by atoms with Crippen molar-refractivity contribution < 1.29 is 14.3 Å². The first-order valence-corrected chi connectivity index (χ1v) is 9.48. The third kappa shape index (κ3) is 4.48. The van der Waals surface area contributed by atoms with Gasteiger partial charge in [-0.25, -0.2) is 0 Å². The number of ether oxygens (including phenoxy) is 1. The van der Waals surface area contributed by atoms with Gasteiger partial charge in [0.25, 0.3) is 11.8 Å². The first kappa shape index (κ1) is 19.4. The quantitative estimate of drug-likeness (QED) is 0.787. The number of nitrogens with one attached hydrogen (secondary N) is 1. The third-order valence-electron chi connectivity index (χ3n) is 4.30. The maximum Gasteiger partial charge on any atom is 0.267 e. The Kier molecular flexibility index (Phi) is 5.82. The molecule has 3 rings (SSSR count). The number of rotatable bonds is 5. The van der Waals surface area contributed by atoms with Crippen molar-refractivity contribution in [1.82, 2.24) is 4.90 Å². The second-order valence-corrected chi connectivity index (χ2v) is 7.61. The summed E-state index contributed by atoms with van der Waals surface area (Å²) in [7, 11) is 3.94. The molecule has 2 aromatic carbocycles. The molecule has 1 aliphatic heterocycles. The maximum atomic E-state index is 12.5. The van der Waals surface area contributed by atoms with Crippen LogP contribution in [-0.4, -0.2) is 50.0 Å². The summed E-state index contributed by atoms with van der Waals surface area (Å²) >= 11 is 3.36. The van der Waals surface area contributed by atoms with Gasteiger partial charge in [-0.3, -0.25) is 9.59 Å². The summed E-state index contributed by atoms with van der Waals surface area (Å²) in [5.41, 5.74) is 1.91. The lowest BCUT2D eigenvalue weighted by molar-refractivity contribution is -0.125. The first-order chi connectivity index (χ1) is 12.8. The van der Waals surface area contributed by atoms with Crippen LogP contribution in [0.1, 0.15) is 17.3 Å². The molecule has 0 saturated heterocycles. The highest BCUT2D eigenvalue weighted by Gasteiger charge is 2.31. The Morgan fingerprint density at radius 1 is 1.22 bits per heavy atom. The Morgan fingerprint density at radius 3 is 2.59 bits per heavy atom. The minimum absolute atomic E-state index is 0.0593. The first-order valence-electron chi connectivity index (χ1n) is 8.69. The van der Waals surface area contributed by atoms with Crippen LogP contribution in [0.25, 0.3) is 0 Å². The van der Waals surface area contributed by atoms with Crippen LogP contribution >= 0.6 is 15.9 Å². The molecule has 0 radical (unpaired) electrons. The van der Waals surface area contributed by atoms with E-state index in [-0.39, 0.29) is 11.8 Å². The van der Waals surface area contributed by atoms with Crippen molar-refractivity contribution >= 4 is 39.1 Å². The number of carbonyl (C=O) groups is 2. The van der Waals surface area contributed by atoms with E-state index in [4.69, 9.17) is 4.74 Å².